The van der Waals surface area contributed by atoms with Crippen molar-refractivity contribution in [1.82, 2.24) is 5.32 Å². The Hall–Kier alpha value is -1.33. The van der Waals surface area contributed by atoms with E-state index in [0.717, 1.165) is 26.0 Å². The van der Waals surface area contributed by atoms with Gasteiger partial charge in [-0.1, -0.05) is 0 Å². The molecule has 1 aliphatic rings. The third-order valence-corrected chi connectivity index (χ3v) is 2.90. The summed E-state index contributed by atoms with van der Waals surface area (Å²) >= 11 is 0. The van der Waals surface area contributed by atoms with Crippen molar-refractivity contribution >= 4 is 5.97 Å². The zero-order chi connectivity index (χ0) is 12.1. The molecular formula is C12H17NO4. The van der Waals surface area contributed by atoms with Gasteiger partial charge < -0.3 is 19.6 Å². The Morgan fingerprint density at radius 1 is 1.53 bits per heavy atom. The highest BCUT2D eigenvalue weighted by Gasteiger charge is 2.16. The molecule has 1 aromatic rings. The average molecular weight is 239 g/mol. The third-order valence-electron chi connectivity index (χ3n) is 2.90. The highest BCUT2D eigenvalue weighted by Crippen LogP contribution is 2.13. The van der Waals surface area contributed by atoms with Crippen LogP contribution in [0.25, 0.3) is 0 Å². The molecule has 5 heteroatoms. The van der Waals surface area contributed by atoms with Gasteiger partial charge in [-0.25, -0.2) is 4.79 Å². The van der Waals surface area contributed by atoms with Crippen LogP contribution in [0.4, 0.5) is 0 Å². The summed E-state index contributed by atoms with van der Waals surface area (Å²) in [5.74, 6) is -1.01. The van der Waals surface area contributed by atoms with Crippen LogP contribution in [0.1, 0.15) is 35.4 Å². The van der Waals surface area contributed by atoms with Crippen molar-refractivity contribution in [3.05, 3.63) is 23.7 Å². The fraction of sp³-hybridized carbons (Fsp3) is 0.583. The van der Waals surface area contributed by atoms with Crippen LogP contribution in [0.3, 0.4) is 0 Å². The molecule has 17 heavy (non-hydrogen) atoms. The van der Waals surface area contributed by atoms with E-state index in [2.05, 4.69) is 5.32 Å². The molecule has 0 radical (unpaired) electrons. The van der Waals surface area contributed by atoms with Gasteiger partial charge in [0.1, 0.15) is 0 Å². The van der Waals surface area contributed by atoms with Crippen LogP contribution in [0, 0.1) is 0 Å². The van der Waals surface area contributed by atoms with Gasteiger partial charge in [0.05, 0.1) is 12.4 Å². The van der Waals surface area contributed by atoms with Gasteiger partial charge in [-0.3, -0.25) is 0 Å². The topological polar surface area (TPSA) is 71.7 Å². The van der Waals surface area contributed by atoms with E-state index in [1.54, 1.807) is 6.07 Å². The van der Waals surface area contributed by atoms with Gasteiger partial charge in [0, 0.05) is 25.3 Å². The van der Waals surface area contributed by atoms with Crippen LogP contribution in [-0.4, -0.2) is 30.3 Å². The van der Waals surface area contributed by atoms with Crippen LogP contribution in [0.15, 0.2) is 16.7 Å². The summed E-state index contributed by atoms with van der Waals surface area (Å²) < 4.78 is 10.5. The number of ether oxygens (including phenoxy) is 1. The fourth-order valence-corrected chi connectivity index (χ4v) is 2.00. The van der Waals surface area contributed by atoms with E-state index in [0.29, 0.717) is 12.1 Å². The number of furan rings is 1. The molecule has 0 aliphatic carbocycles. The summed E-state index contributed by atoms with van der Waals surface area (Å²) in [5.41, 5.74) is 0.674. The number of hydrogen-bond acceptors (Lipinski definition) is 4. The second kappa shape index (κ2) is 5.84. The van der Waals surface area contributed by atoms with Crippen LogP contribution in [0.5, 0.6) is 0 Å². The Morgan fingerprint density at radius 2 is 2.41 bits per heavy atom. The van der Waals surface area contributed by atoms with Gasteiger partial charge in [0.15, 0.2) is 0 Å². The highest BCUT2D eigenvalue weighted by atomic mass is 16.5. The Morgan fingerprint density at radius 3 is 3.12 bits per heavy atom. The SMILES string of the molecule is O=C(O)c1occc1CNCC1CCCCO1. The molecule has 1 saturated heterocycles. The molecule has 1 atom stereocenters. The predicted molar refractivity (Wildman–Crippen MR) is 61.0 cm³/mol. The molecule has 2 rings (SSSR count). The fourth-order valence-electron chi connectivity index (χ4n) is 2.00. The Kier molecular flexibility index (Phi) is 4.17. The smallest absolute Gasteiger partial charge is 0.372 e. The van der Waals surface area contributed by atoms with Crippen molar-refractivity contribution in [1.29, 1.82) is 0 Å². The lowest BCUT2D eigenvalue weighted by Gasteiger charge is -2.22. The van der Waals surface area contributed by atoms with Crippen molar-refractivity contribution < 1.29 is 19.1 Å². The van der Waals surface area contributed by atoms with E-state index < -0.39 is 5.97 Å². The molecule has 5 nitrogen and oxygen atoms in total. The molecule has 1 aliphatic heterocycles. The lowest BCUT2D eigenvalue weighted by molar-refractivity contribution is 0.0167. The summed E-state index contributed by atoms with van der Waals surface area (Å²) in [7, 11) is 0. The van der Waals surface area contributed by atoms with Gasteiger partial charge in [-0.15, -0.1) is 0 Å². The first-order valence-electron chi connectivity index (χ1n) is 5.89. The second-order valence-corrected chi connectivity index (χ2v) is 4.20. The molecule has 0 aromatic carbocycles. The van der Waals surface area contributed by atoms with Gasteiger partial charge in [-0.05, 0) is 25.3 Å². The van der Waals surface area contributed by atoms with Gasteiger partial charge >= 0.3 is 5.97 Å². The van der Waals surface area contributed by atoms with Crippen molar-refractivity contribution in [3.63, 3.8) is 0 Å². The van der Waals surface area contributed by atoms with Crippen LogP contribution in [-0.2, 0) is 11.3 Å². The number of carboxylic acids is 1. The molecule has 1 fully saturated rings. The first-order valence-corrected chi connectivity index (χ1v) is 5.89. The van der Waals surface area contributed by atoms with Crippen molar-refractivity contribution in [2.75, 3.05) is 13.2 Å². The largest absolute Gasteiger partial charge is 0.475 e. The number of rotatable bonds is 5. The minimum atomic E-state index is -1.03. The van der Waals surface area contributed by atoms with Crippen molar-refractivity contribution in [3.8, 4) is 0 Å². The van der Waals surface area contributed by atoms with Gasteiger partial charge in [0.2, 0.25) is 5.76 Å². The van der Waals surface area contributed by atoms with Crippen LogP contribution in [0.2, 0.25) is 0 Å². The molecular weight excluding hydrogens is 222 g/mol. The molecule has 1 aromatic heterocycles. The lowest BCUT2D eigenvalue weighted by Crippen LogP contribution is -2.31. The first kappa shape index (κ1) is 12.1. The van der Waals surface area contributed by atoms with Crippen molar-refractivity contribution in [2.45, 2.75) is 31.9 Å². The average Bonchev–Trinajstić information content (AvgIpc) is 2.79. The molecule has 0 bridgehead atoms. The van der Waals surface area contributed by atoms with E-state index in [-0.39, 0.29) is 11.9 Å². The number of carbonyl (C=O) groups is 1. The summed E-state index contributed by atoms with van der Waals surface area (Å²) in [4.78, 5) is 10.8. The number of carboxylic acid groups (broad SMARTS) is 1. The summed E-state index contributed by atoms with van der Waals surface area (Å²) in [6.45, 7) is 2.08. The van der Waals surface area contributed by atoms with Crippen LogP contribution < -0.4 is 5.32 Å². The van der Waals surface area contributed by atoms with E-state index in [1.807, 2.05) is 0 Å². The maximum atomic E-state index is 10.8. The molecule has 0 saturated carbocycles. The Bertz CT molecular complexity index is 368. The van der Waals surface area contributed by atoms with E-state index in [1.165, 1.54) is 12.7 Å². The minimum absolute atomic E-state index is 0.0158. The summed E-state index contributed by atoms with van der Waals surface area (Å²) in [5, 5.41) is 12.1. The lowest BCUT2D eigenvalue weighted by atomic mass is 10.1. The monoisotopic (exact) mass is 239 g/mol. The summed E-state index contributed by atoms with van der Waals surface area (Å²) in [6, 6.07) is 1.68. The minimum Gasteiger partial charge on any atom is -0.475 e. The Balaban J connectivity index is 1.77. The molecule has 94 valence electrons. The van der Waals surface area contributed by atoms with Gasteiger partial charge in [0.25, 0.3) is 0 Å². The number of hydrogen-bond donors (Lipinski definition) is 2. The van der Waals surface area contributed by atoms with Crippen LogP contribution >= 0.6 is 0 Å². The molecule has 2 N–H and O–H groups in total. The number of aromatic carboxylic acids is 1. The standard InChI is InChI=1S/C12H17NO4/c14-12(15)11-9(4-6-17-11)7-13-8-10-3-1-2-5-16-10/h4,6,10,13H,1-3,5,7-8H2,(H,14,15). The normalized spacial score (nSPS) is 20.4. The van der Waals surface area contributed by atoms with Gasteiger partial charge in [-0.2, -0.15) is 0 Å². The maximum absolute atomic E-state index is 10.8. The predicted octanol–water partition coefficient (Wildman–Crippen LogP) is 1.64. The Labute approximate surface area is 99.8 Å². The molecule has 0 amide bonds. The zero-order valence-electron chi connectivity index (χ0n) is 9.65. The maximum Gasteiger partial charge on any atom is 0.372 e. The third kappa shape index (κ3) is 3.31. The van der Waals surface area contributed by atoms with E-state index in [4.69, 9.17) is 14.3 Å². The molecule has 0 spiro atoms. The zero-order valence-corrected chi connectivity index (χ0v) is 9.65. The van der Waals surface area contributed by atoms with E-state index >= 15 is 0 Å². The molecule has 1 unspecified atom stereocenters. The summed E-state index contributed by atoms with van der Waals surface area (Å²) in [6.07, 6.45) is 5.07. The quantitative estimate of drug-likeness (QED) is 0.817. The first-order chi connectivity index (χ1) is 8.27. The molecule has 2 heterocycles. The number of nitrogens with one attached hydrogen (secondary N) is 1. The van der Waals surface area contributed by atoms with Crippen molar-refractivity contribution in [2.24, 2.45) is 0 Å². The highest BCUT2D eigenvalue weighted by molar-refractivity contribution is 5.86. The van der Waals surface area contributed by atoms with E-state index in [9.17, 15) is 4.79 Å². The second-order valence-electron chi connectivity index (χ2n) is 4.20.